The Morgan fingerprint density at radius 1 is 1.17 bits per heavy atom. The number of hydrogen-bond acceptors (Lipinski definition) is 9. The normalized spacial score (nSPS) is 22.6. The van der Waals surface area contributed by atoms with E-state index in [0.717, 1.165) is 29.8 Å². The molecule has 3 aliphatic heterocycles. The van der Waals surface area contributed by atoms with E-state index < -0.39 is 5.60 Å². The molecule has 3 saturated heterocycles. The van der Waals surface area contributed by atoms with E-state index in [1.165, 1.54) is 0 Å². The predicted octanol–water partition coefficient (Wildman–Crippen LogP) is 5.04. The topological polar surface area (TPSA) is 98.0 Å². The maximum atomic E-state index is 12.7. The van der Waals surface area contributed by atoms with Crippen LogP contribution in [0.15, 0.2) is 28.1 Å². The molecule has 4 aliphatic rings. The third kappa shape index (κ3) is 4.31. The Morgan fingerprint density at radius 3 is 2.58 bits per heavy atom. The fourth-order valence-electron chi connectivity index (χ4n) is 5.32. The molecule has 1 aliphatic carbocycles. The number of oxazole rings is 1. The number of rotatable bonds is 4. The molecule has 1 amide bonds. The lowest BCUT2D eigenvalue weighted by atomic mass is 9.88. The number of piperidine rings is 1. The fourth-order valence-corrected chi connectivity index (χ4v) is 5.98. The van der Waals surface area contributed by atoms with E-state index in [1.54, 1.807) is 17.5 Å². The summed E-state index contributed by atoms with van der Waals surface area (Å²) >= 11 is 1.54. The number of ketones is 1. The molecule has 1 aromatic carbocycles. The summed E-state index contributed by atoms with van der Waals surface area (Å²) in [7, 11) is 0. The maximum Gasteiger partial charge on any atom is 0.410 e. The molecule has 2 bridgehead atoms. The lowest BCUT2D eigenvalue weighted by Gasteiger charge is -2.55. The van der Waals surface area contributed by atoms with Gasteiger partial charge in [0.1, 0.15) is 22.1 Å². The summed E-state index contributed by atoms with van der Waals surface area (Å²) in [6.07, 6.45) is 5.00. The molecule has 4 fully saturated rings. The van der Waals surface area contributed by atoms with Crippen LogP contribution >= 0.6 is 11.3 Å². The van der Waals surface area contributed by atoms with Gasteiger partial charge < -0.3 is 18.8 Å². The van der Waals surface area contributed by atoms with Crippen molar-refractivity contribution in [3.8, 4) is 16.3 Å². The van der Waals surface area contributed by atoms with Gasteiger partial charge in [-0.25, -0.2) is 9.78 Å². The molecule has 9 nitrogen and oxygen atoms in total. The Bertz CT molecular complexity index is 1280. The number of carbonyl (C=O) groups excluding carboxylic acids is 2. The van der Waals surface area contributed by atoms with Crippen molar-refractivity contribution in [3.05, 3.63) is 23.7 Å². The number of carbonyl (C=O) groups is 2. The molecule has 2 aromatic heterocycles. The van der Waals surface area contributed by atoms with Crippen LogP contribution in [0.2, 0.25) is 0 Å². The summed E-state index contributed by atoms with van der Waals surface area (Å²) in [6.45, 7) is 6.92. The van der Waals surface area contributed by atoms with E-state index in [9.17, 15) is 9.59 Å². The van der Waals surface area contributed by atoms with Crippen LogP contribution in [-0.4, -0.2) is 63.6 Å². The van der Waals surface area contributed by atoms with E-state index in [2.05, 4.69) is 9.88 Å². The van der Waals surface area contributed by atoms with Crippen molar-refractivity contribution in [1.82, 2.24) is 14.9 Å². The van der Waals surface area contributed by atoms with Gasteiger partial charge in [0.05, 0.1) is 23.8 Å². The number of thiazole rings is 1. The molecule has 10 heteroatoms. The lowest BCUT2D eigenvalue weighted by molar-refractivity contribution is -0.121. The molecular weight excluding hydrogens is 480 g/mol. The summed E-state index contributed by atoms with van der Waals surface area (Å²) in [6, 6.07) is 4.57. The summed E-state index contributed by atoms with van der Waals surface area (Å²) in [5.41, 5.74) is 1.67. The molecule has 2 unspecified atom stereocenters. The quantitative estimate of drug-likeness (QED) is 0.482. The van der Waals surface area contributed by atoms with Crippen LogP contribution in [0, 0.1) is 0 Å². The molecule has 0 spiro atoms. The SMILES string of the molecule is CC(C)(C)OC(=O)N1C2CC1CN(c1nc3c(OC4CCC(=O)CC4)ccc(-c4nccs4)c3o1)C2. The van der Waals surface area contributed by atoms with Gasteiger partial charge in [0.15, 0.2) is 11.1 Å². The minimum Gasteiger partial charge on any atom is -0.488 e. The van der Waals surface area contributed by atoms with E-state index in [4.69, 9.17) is 18.9 Å². The third-order valence-corrected chi connectivity index (χ3v) is 7.82. The number of ether oxygens (including phenoxy) is 2. The van der Waals surface area contributed by atoms with Gasteiger partial charge in [-0.1, -0.05) is 0 Å². The standard InChI is InChI=1S/C26H30N4O5S/c1-26(2,3)35-25(32)30-15-12-16(30)14-29(13-15)24-28-21-20(33-18-6-4-17(31)5-7-18)9-8-19(22(21)34-24)23-27-10-11-36-23/h8-11,15-16,18H,4-7,12-14H2,1-3H3. The van der Waals surface area contributed by atoms with Gasteiger partial charge in [0.2, 0.25) is 0 Å². The number of piperazine rings is 1. The number of fused-ring (bicyclic) bond motifs is 3. The van der Waals surface area contributed by atoms with Crippen molar-refractivity contribution in [3.63, 3.8) is 0 Å². The van der Waals surface area contributed by atoms with Crippen LogP contribution in [0.5, 0.6) is 5.75 Å². The number of amides is 1. The number of hydrogen-bond donors (Lipinski definition) is 0. The minimum absolute atomic E-state index is 0.0122. The van der Waals surface area contributed by atoms with Crippen molar-refractivity contribution in [2.75, 3.05) is 18.0 Å². The Kier molecular flexibility index (Phi) is 5.66. The first kappa shape index (κ1) is 23.3. The van der Waals surface area contributed by atoms with Gasteiger partial charge in [-0.3, -0.25) is 9.69 Å². The Morgan fingerprint density at radius 2 is 1.92 bits per heavy atom. The highest BCUT2D eigenvalue weighted by Crippen LogP contribution is 2.41. The van der Waals surface area contributed by atoms with Gasteiger partial charge in [-0.2, -0.15) is 4.98 Å². The lowest BCUT2D eigenvalue weighted by Crippen LogP contribution is -2.70. The van der Waals surface area contributed by atoms with Gasteiger partial charge in [-0.15, -0.1) is 11.3 Å². The van der Waals surface area contributed by atoms with Gasteiger partial charge in [-0.05, 0) is 52.2 Å². The van der Waals surface area contributed by atoms with Gasteiger partial charge >= 0.3 is 6.09 Å². The fraction of sp³-hybridized carbons (Fsp3) is 0.538. The first-order valence-corrected chi connectivity index (χ1v) is 13.4. The molecule has 7 rings (SSSR count). The first-order valence-electron chi connectivity index (χ1n) is 12.5. The van der Waals surface area contributed by atoms with Crippen molar-refractivity contribution in [1.29, 1.82) is 0 Å². The zero-order chi connectivity index (χ0) is 25.0. The second kappa shape index (κ2) is 8.76. The maximum absolute atomic E-state index is 12.7. The van der Waals surface area contributed by atoms with E-state index in [0.29, 0.717) is 54.6 Å². The number of benzene rings is 1. The second-order valence-electron chi connectivity index (χ2n) is 10.8. The van der Waals surface area contributed by atoms with E-state index in [-0.39, 0.29) is 24.3 Å². The van der Waals surface area contributed by atoms with Crippen LogP contribution < -0.4 is 9.64 Å². The van der Waals surface area contributed by atoms with Gasteiger partial charge in [0, 0.05) is 37.5 Å². The number of aromatic nitrogens is 2. The third-order valence-electron chi connectivity index (χ3n) is 7.01. The molecule has 0 N–H and O–H groups in total. The zero-order valence-electron chi connectivity index (χ0n) is 20.7. The average Bonchev–Trinajstić information content (AvgIpc) is 3.50. The van der Waals surface area contributed by atoms with Crippen LogP contribution in [0.25, 0.3) is 21.7 Å². The molecule has 5 heterocycles. The van der Waals surface area contributed by atoms with Crippen molar-refractivity contribution < 1.29 is 23.5 Å². The molecule has 0 radical (unpaired) electrons. The summed E-state index contributed by atoms with van der Waals surface area (Å²) < 4.78 is 18.3. The van der Waals surface area contributed by atoms with Crippen LogP contribution in [-0.2, 0) is 9.53 Å². The molecule has 36 heavy (non-hydrogen) atoms. The van der Waals surface area contributed by atoms with E-state index >= 15 is 0 Å². The summed E-state index contributed by atoms with van der Waals surface area (Å²) in [5, 5.41) is 2.79. The Hall–Kier alpha value is -3.14. The molecule has 190 valence electrons. The molecule has 3 aromatic rings. The monoisotopic (exact) mass is 510 g/mol. The number of anilines is 1. The average molecular weight is 511 g/mol. The summed E-state index contributed by atoms with van der Waals surface area (Å²) in [5.74, 6) is 0.962. The van der Waals surface area contributed by atoms with Gasteiger partial charge in [0.25, 0.3) is 6.01 Å². The van der Waals surface area contributed by atoms with Crippen molar-refractivity contribution in [2.45, 2.75) is 76.7 Å². The second-order valence-corrected chi connectivity index (χ2v) is 11.7. The highest BCUT2D eigenvalue weighted by atomic mass is 32.1. The van der Waals surface area contributed by atoms with Crippen LogP contribution in [0.4, 0.5) is 10.8 Å². The largest absolute Gasteiger partial charge is 0.488 e. The number of Topliss-reactive ketones (excluding diaryl/α,β-unsaturated/α-hetero) is 1. The minimum atomic E-state index is -0.519. The zero-order valence-corrected chi connectivity index (χ0v) is 21.5. The molecule has 1 saturated carbocycles. The van der Waals surface area contributed by atoms with E-state index in [1.807, 2.05) is 43.2 Å². The molecule has 2 atom stereocenters. The highest BCUT2D eigenvalue weighted by molar-refractivity contribution is 7.13. The van der Waals surface area contributed by atoms with Crippen LogP contribution in [0.3, 0.4) is 0 Å². The number of nitrogens with zero attached hydrogens (tertiary/aromatic N) is 4. The Balaban J connectivity index is 1.27. The highest BCUT2D eigenvalue weighted by Gasteiger charge is 2.49. The summed E-state index contributed by atoms with van der Waals surface area (Å²) in [4.78, 5) is 37.6. The van der Waals surface area contributed by atoms with Crippen molar-refractivity contribution in [2.24, 2.45) is 0 Å². The first-order chi connectivity index (χ1) is 17.2. The van der Waals surface area contributed by atoms with Crippen molar-refractivity contribution >= 4 is 40.3 Å². The Labute approximate surface area is 213 Å². The molecular formula is C26H30N4O5S. The smallest absolute Gasteiger partial charge is 0.410 e. The predicted molar refractivity (Wildman–Crippen MR) is 135 cm³/mol. The van der Waals surface area contributed by atoms with Crippen LogP contribution in [0.1, 0.15) is 52.9 Å².